The van der Waals surface area contributed by atoms with Crippen LogP contribution in [0.4, 0.5) is 13.2 Å². The number of alkyl halides is 3. The normalized spacial score (nSPS) is 32.6. The van der Waals surface area contributed by atoms with Crippen LogP contribution in [0.3, 0.4) is 0 Å². The fourth-order valence-corrected chi connectivity index (χ4v) is 3.10. The predicted molar refractivity (Wildman–Crippen MR) is 61.0 cm³/mol. The Kier molecular flexibility index (Phi) is 3.95. The molecule has 0 amide bonds. The molecule has 3 atom stereocenters. The summed E-state index contributed by atoms with van der Waals surface area (Å²) in [5.41, 5.74) is 0. The monoisotopic (exact) mass is 295 g/mol. The van der Waals surface area contributed by atoms with E-state index in [1.165, 1.54) is 0 Å². The van der Waals surface area contributed by atoms with Gasteiger partial charge in [-0.2, -0.15) is 13.2 Å². The number of carbonyl (C=O) groups is 2. The van der Waals surface area contributed by atoms with Gasteiger partial charge in [-0.1, -0.05) is 0 Å². The number of carboxylic acids is 2. The van der Waals surface area contributed by atoms with Gasteiger partial charge in [-0.05, 0) is 19.3 Å². The van der Waals surface area contributed by atoms with Crippen molar-refractivity contribution in [2.24, 2.45) is 17.8 Å². The van der Waals surface area contributed by atoms with Crippen molar-refractivity contribution in [3.63, 3.8) is 0 Å². The molecule has 0 aromatic carbocycles. The standard InChI is InChI=1S/C12H16F3NO4/c13-12(14,15)9-3-7(1-2-8(9)11(19)20)16-4-6(5-16)10(17)18/h6-9H,1-5H2,(H,17,18)(H,19,20). The Morgan fingerprint density at radius 1 is 1.05 bits per heavy atom. The molecule has 8 heteroatoms. The van der Waals surface area contributed by atoms with Crippen molar-refractivity contribution >= 4 is 11.9 Å². The number of hydrogen-bond acceptors (Lipinski definition) is 3. The minimum atomic E-state index is -4.53. The number of rotatable bonds is 3. The summed E-state index contributed by atoms with van der Waals surface area (Å²) in [7, 11) is 0. The Morgan fingerprint density at radius 2 is 1.65 bits per heavy atom. The zero-order valence-corrected chi connectivity index (χ0v) is 10.6. The van der Waals surface area contributed by atoms with Gasteiger partial charge in [-0.15, -0.1) is 0 Å². The van der Waals surface area contributed by atoms with Crippen molar-refractivity contribution in [3.05, 3.63) is 0 Å². The van der Waals surface area contributed by atoms with Crippen LogP contribution >= 0.6 is 0 Å². The molecular formula is C12H16F3NO4. The summed E-state index contributed by atoms with van der Waals surface area (Å²) in [5.74, 6) is -6.09. The summed E-state index contributed by atoms with van der Waals surface area (Å²) in [4.78, 5) is 23.3. The van der Waals surface area contributed by atoms with Crippen LogP contribution in [0.15, 0.2) is 0 Å². The first-order valence-corrected chi connectivity index (χ1v) is 6.46. The largest absolute Gasteiger partial charge is 0.481 e. The lowest BCUT2D eigenvalue weighted by molar-refractivity contribution is -0.210. The molecule has 3 unspecified atom stereocenters. The van der Waals surface area contributed by atoms with Crippen LogP contribution < -0.4 is 0 Å². The van der Waals surface area contributed by atoms with Crippen molar-refractivity contribution in [1.29, 1.82) is 0 Å². The molecule has 0 radical (unpaired) electrons. The lowest BCUT2D eigenvalue weighted by Gasteiger charge is -2.46. The summed E-state index contributed by atoms with van der Waals surface area (Å²) < 4.78 is 38.8. The molecule has 0 aromatic rings. The molecule has 0 aromatic heterocycles. The maximum Gasteiger partial charge on any atom is 0.392 e. The molecule has 1 saturated carbocycles. The second-order valence-electron chi connectivity index (χ2n) is 5.55. The molecule has 0 spiro atoms. The maximum absolute atomic E-state index is 12.9. The highest BCUT2D eigenvalue weighted by molar-refractivity contribution is 5.72. The van der Waals surface area contributed by atoms with Crippen molar-refractivity contribution in [2.45, 2.75) is 31.5 Å². The first-order chi connectivity index (χ1) is 9.20. The van der Waals surface area contributed by atoms with E-state index in [2.05, 4.69) is 0 Å². The Labute approximate surface area is 113 Å². The van der Waals surface area contributed by atoms with Gasteiger partial charge in [-0.3, -0.25) is 14.5 Å². The van der Waals surface area contributed by atoms with Gasteiger partial charge in [0.05, 0.1) is 17.8 Å². The molecule has 2 fully saturated rings. The summed E-state index contributed by atoms with van der Waals surface area (Å²) >= 11 is 0. The van der Waals surface area contributed by atoms with E-state index in [0.29, 0.717) is 6.42 Å². The second-order valence-corrected chi connectivity index (χ2v) is 5.55. The maximum atomic E-state index is 12.9. The van der Waals surface area contributed by atoms with E-state index >= 15 is 0 Å². The zero-order valence-electron chi connectivity index (χ0n) is 10.6. The fourth-order valence-electron chi connectivity index (χ4n) is 3.10. The summed E-state index contributed by atoms with van der Waals surface area (Å²) in [6.07, 6.45) is -4.43. The third-order valence-electron chi connectivity index (χ3n) is 4.34. The highest BCUT2D eigenvalue weighted by atomic mass is 19.4. The fraction of sp³-hybridized carbons (Fsp3) is 0.833. The molecular weight excluding hydrogens is 279 g/mol. The molecule has 5 nitrogen and oxygen atoms in total. The Balaban J connectivity index is 1.99. The average molecular weight is 295 g/mol. The summed E-state index contributed by atoms with van der Waals surface area (Å²) in [6, 6.07) is -0.368. The van der Waals surface area contributed by atoms with Gasteiger partial charge in [0.15, 0.2) is 0 Å². The minimum Gasteiger partial charge on any atom is -0.481 e. The molecule has 2 aliphatic rings. The summed E-state index contributed by atoms with van der Waals surface area (Å²) in [6.45, 7) is 0.505. The molecule has 1 saturated heterocycles. The highest BCUT2D eigenvalue weighted by Gasteiger charge is 2.52. The van der Waals surface area contributed by atoms with Gasteiger partial charge in [0, 0.05) is 19.1 Å². The number of likely N-dealkylation sites (tertiary alicyclic amines) is 1. The first kappa shape index (κ1) is 15.1. The van der Waals surface area contributed by atoms with Crippen molar-refractivity contribution < 1.29 is 33.0 Å². The van der Waals surface area contributed by atoms with Crippen LogP contribution in [0.25, 0.3) is 0 Å². The van der Waals surface area contributed by atoms with E-state index in [4.69, 9.17) is 10.2 Å². The molecule has 1 heterocycles. The van der Waals surface area contributed by atoms with Crippen molar-refractivity contribution in [2.75, 3.05) is 13.1 Å². The first-order valence-electron chi connectivity index (χ1n) is 6.46. The van der Waals surface area contributed by atoms with E-state index in [1.807, 2.05) is 0 Å². The molecule has 0 bridgehead atoms. The Hall–Kier alpha value is -1.31. The third-order valence-corrected chi connectivity index (χ3v) is 4.34. The molecule has 2 rings (SSSR count). The molecule has 114 valence electrons. The number of hydrogen-bond donors (Lipinski definition) is 2. The van der Waals surface area contributed by atoms with Gasteiger partial charge < -0.3 is 10.2 Å². The molecule has 1 aliphatic carbocycles. The van der Waals surface area contributed by atoms with Crippen LogP contribution in [-0.4, -0.2) is 52.4 Å². The third kappa shape index (κ3) is 2.89. The van der Waals surface area contributed by atoms with Gasteiger partial charge >= 0.3 is 18.1 Å². The van der Waals surface area contributed by atoms with Crippen LogP contribution in [0, 0.1) is 17.8 Å². The van der Waals surface area contributed by atoms with Crippen LogP contribution in [0.1, 0.15) is 19.3 Å². The highest BCUT2D eigenvalue weighted by Crippen LogP contribution is 2.43. The lowest BCUT2D eigenvalue weighted by Crippen LogP contribution is -2.57. The van der Waals surface area contributed by atoms with E-state index < -0.39 is 35.9 Å². The Bertz CT molecular complexity index is 406. The lowest BCUT2D eigenvalue weighted by atomic mass is 9.75. The summed E-state index contributed by atoms with van der Waals surface area (Å²) in [5, 5.41) is 17.7. The van der Waals surface area contributed by atoms with Crippen molar-refractivity contribution in [3.8, 4) is 0 Å². The quantitative estimate of drug-likeness (QED) is 0.823. The van der Waals surface area contributed by atoms with Gasteiger partial charge in [0.1, 0.15) is 0 Å². The number of carboxylic acid groups (broad SMARTS) is 2. The van der Waals surface area contributed by atoms with Crippen molar-refractivity contribution in [1.82, 2.24) is 4.90 Å². The SMILES string of the molecule is O=C(O)C1CN(C2CCC(C(=O)O)C(C(F)(F)F)C2)C1. The van der Waals surface area contributed by atoms with E-state index in [1.54, 1.807) is 4.90 Å². The topological polar surface area (TPSA) is 77.8 Å². The molecule has 20 heavy (non-hydrogen) atoms. The molecule has 1 aliphatic heterocycles. The number of nitrogens with zero attached hydrogens (tertiary/aromatic N) is 1. The average Bonchev–Trinajstić information content (AvgIpc) is 2.24. The number of aliphatic carboxylic acids is 2. The van der Waals surface area contributed by atoms with Crippen LogP contribution in [0.5, 0.6) is 0 Å². The minimum absolute atomic E-state index is 0.0155. The van der Waals surface area contributed by atoms with Gasteiger partial charge in [0.25, 0.3) is 0 Å². The second kappa shape index (κ2) is 5.23. The smallest absolute Gasteiger partial charge is 0.392 e. The molecule has 2 N–H and O–H groups in total. The van der Waals surface area contributed by atoms with Gasteiger partial charge in [0.2, 0.25) is 0 Å². The predicted octanol–water partition coefficient (Wildman–Crippen LogP) is 1.43. The van der Waals surface area contributed by atoms with Crippen LogP contribution in [0.2, 0.25) is 0 Å². The zero-order chi connectivity index (χ0) is 15.1. The number of halogens is 3. The van der Waals surface area contributed by atoms with E-state index in [-0.39, 0.29) is 32.0 Å². The van der Waals surface area contributed by atoms with E-state index in [0.717, 1.165) is 0 Å². The Morgan fingerprint density at radius 3 is 2.10 bits per heavy atom. The van der Waals surface area contributed by atoms with Crippen LogP contribution in [-0.2, 0) is 9.59 Å². The van der Waals surface area contributed by atoms with Gasteiger partial charge in [-0.25, -0.2) is 0 Å². The van der Waals surface area contributed by atoms with E-state index in [9.17, 15) is 22.8 Å².